The van der Waals surface area contributed by atoms with Gasteiger partial charge in [0.2, 0.25) is 23.0 Å². The number of unbranched alkanes of at least 4 members (excludes halogenated alkanes) is 2. The average Bonchev–Trinajstić information content (AvgIpc) is 3.27. The molecule has 0 heterocycles. The van der Waals surface area contributed by atoms with E-state index in [2.05, 4.69) is 20.7 Å². The van der Waals surface area contributed by atoms with Crippen LogP contribution in [0, 0.1) is 5.92 Å². The summed E-state index contributed by atoms with van der Waals surface area (Å²) >= 11 is 0. The molecule has 1 aliphatic carbocycles. The molecular formula is C34H47N3O8. The van der Waals surface area contributed by atoms with Gasteiger partial charge >= 0.3 is 5.97 Å². The number of aryl methyl sites for hydroxylation is 1. The van der Waals surface area contributed by atoms with Gasteiger partial charge in [0.1, 0.15) is 6.04 Å². The van der Waals surface area contributed by atoms with E-state index in [1.54, 1.807) is 20.3 Å². The number of hydrogen-bond acceptors (Lipinski definition) is 9. The van der Waals surface area contributed by atoms with Gasteiger partial charge in [-0.2, -0.15) is 0 Å². The van der Waals surface area contributed by atoms with E-state index in [9.17, 15) is 19.2 Å². The van der Waals surface area contributed by atoms with E-state index in [0.717, 1.165) is 24.0 Å². The van der Waals surface area contributed by atoms with Crippen molar-refractivity contribution < 1.29 is 33.3 Å². The number of anilines is 1. The van der Waals surface area contributed by atoms with Gasteiger partial charge in [0.15, 0.2) is 11.5 Å². The van der Waals surface area contributed by atoms with E-state index in [4.69, 9.17) is 14.2 Å². The minimum atomic E-state index is -0.655. The van der Waals surface area contributed by atoms with Gasteiger partial charge in [-0.25, -0.2) is 0 Å². The lowest BCUT2D eigenvalue weighted by Crippen LogP contribution is -2.44. The standard InChI is InChI=1S/C34H47N3O8/c1-8-20(2)31(34(41)35-17-11-9-10-12-29(40)43-5)37-26-16-14-23-24(19-27(26)39)25(36-21(3)38)15-13-22-18-28(42-4)32(44-6)33(45-7)30(22)23/h14,16,18-20,25,31H,8-13,15,17H2,1-7H3,(H,35,41)(H,36,38)(H,37,39)/t20-,25-,31-/m1/s1. The summed E-state index contributed by atoms with van der Waals surface area (Å²) in [6.45, 7) is 5.86. The highest BCUT2D eigenvalue weighted by atomic mass is 16.5. The van der Waals surface area contributed by atoms with E-state index in [0.29, 0.717) is 67.0 Å². The van der Waals surface area contributed by atoms with Crippen LogP contribution >= 0.6 is 0 Å². The zero-order valence-corrected chi connectivity index (χ0v) is 27.5. The average molecular weight is 626 g/mol. The van der Waals surface area contributed by atoms with Crippen LogP contribution in [0.5, 0.6) is 17.2 Å². The third-order valence-corrected chi connectivity index (χ3v) is 8.31. The van der Waals surface area contributed by atoms with Crippen LogP contribution in [0.1, 0.15) is 76.5 Å². The van der Waals surface area contributed by atoms with E-state index in [1.807, 2.05) is 26.0 Å². The van der Waals surface area contributed by atoms with Crippen LogP contribution in [-0.4, -0.2) is 58.8 Å². The minimum absolute atomic E-state index is 0.0725. The third-order valence-electron chi connectivity index (χ3n) is 8.31. The fourth-order valence-corrected chi connectivity index (χ4v) is 5.69. The van der Waals surface area contributed by atoms with Crippen molar-refractivity contribution in [3.05, 3.63) is 45.6 Å². The van der Waals surface area contributed by atoms with Gasteiger partial charge in [0.05, 0.1) is 40.2 Å². The van der Waals surface area contributed by atoms with Gasteiger partial charge < -0.3 is 34.9 Å². The summed E-state index contributed by atoms with van der Waals surface area (Å²) in [5.41, 5.74) is 2.99. The van der Waals surface area contributed by atoms with E-state index in [-0.39, 0.29) is 34.8 Å². The monoisotopic (exact) mass is 625 g/mol. The van der Waals surface area contributed by atoms with Crippen molar-refractivity contribution >= 4 is 23.5 Å². The SMILES string of the molecule is CC[C@@H](C)[C@@H](Nc1ccc2c(cc1=O)[C@H](NC(C)=O)CCc1cc(OC)c(OC)c(OC)c1-2)C(=O)NCCCCCC(=O)OC. The number of carbonyl (C=O) groups is 3. The first-order valence-corrected chi connectivity index (χ1v) is 15.5. The maximum atomic E-state index is 13.8. The van der Waals surface area contributed by atoms with Crippen molar-refractivity contribution in [2.45, 2.75) is 77.8 Å². The molecule has 2 aromatic carbocycles. The van der Waals surface area contributed by atoms with Gasteiger partial charge in [0, 0.05) is 25.5 Å². The first-order valence-electron chi connectivity index (χ1n) is 15.5. The Bertz CT molecular complexity index is 1430. The van der Waals surface area contributed by atoms with Gasteiger partial charge in [-0.3, -0.25) is 19.2 Å². The highest BCUT2D eigenvalue weighted by Gasteiger charge is 2.30. The lowest BCUT2D eigenvalue weighted by molar-refractivity contribution is -0.140. The Morgan fingerprint density at radius 2 is 1.71 bits per heavy atom. The lowest BCUT2D eigenvalue weighted by Gasteiger charge is -2.24. The topological polar surface area (TPSA) is 141 Å². The molecular weight excluding hydrogens is 578 g/mol. The second-order valence-electron chi connectivity index (χ2n) is 11.3. The van der Waals surface area contributed by atoms with E-state index in [1.165, 1.54) is 27.2 Å². The summed E-state index contributed by atoms with van der Waals surface area (Å²) in [4.78, 5) is 50.7. The molecule has 3 atom stereocenters. The Balaban J connectivity index is 2.02. The number of ether oxygens (including phenoxy) is 4. The zero-order valence-electron chi connectivity index (χ0n) is 27.5. The molecule has 2 amide bonds. The lowest BCUT2D eigenvalue weighted by atomic mass is 9.95. The summed E-state index contributed by atoms with van der Waals surface area (Å²) < 4.78 is 21.8. The van der Waals surface area contributed by atoms with Crippen LogP contribution in [0.15, 0.2) is 29.1 Å². The first-order chi connectivity index (χ1) is 21.6. The number of carbonyl (C=O) groups excluding carboxylic acids is 3. The highest BCUT2D eigenvalue weighted by Crippen LogP contribution is 2.50. The van der Waals surface area contributed by atoms with Crippen molar-refractivity contribution in [1.82, 2.24) is 10.6 Å². The molecule has 0 radical (unpaired) electrons. The van der Waals surface area contributed by atoms with Crippen LogP contribution in [0.4, 0.5) is 5.69 Å². The predicted molar refractivity (Wildman–Crippen MR) is 173 cm³/mol. The number of esters is 1. The van der Waals surface area contributed by atoms with Gasteiger partial charge in [-0.1, -0.05) is 32.8 Å². The Kier molecular flexibility index (Phi) is 13.1. The molecule has 0 unspecified atom stereocenters. The normalized spacial score (nSPS) is 14.9. The second kappa shape index (κ2) is 16.7. The number of rotatable bonds is 15. The minimum Gasteiger partial charge on any atom is -0.493 e. The van der Waals surface area contributed by atoms with Crippen LogP contribution < -0.4 is 35.6 Å². The fraction of sp³-hybridized carbons (Fsp3) is 0.529. The molecule has 3 rings (SSSR count). The molecule has 0 saturated carbocycles. The molecule has 3 N–H and O–H groups in total. The Morgan fingerprint density at radius 3 is 2.33 bits per heavy atom. The Hall–Kier alpha value is -4.28. The first kappa shape index (κ1) is 35.2. The molecule has 246 valence electrons. The summed E-state index contributed by atoms with van der Waals surface area (Å²) in [5.74, 6) is 0.676. The van der Waals surface area contributed by atoms with Gasteiger partial charge in [0.25, 0.3) is 0 Å². The highest BCUT2D eigenvalue weighted by molar-refractivity contribution is 5.86. The zero-order chi connectivity index (χ0) is 33.1. The smallest absolute Gasteiger partial charge is 0.305 e. The number of amides is 2. The summed E-state index contributed by atoms with van der Waals surface area (Å²) in [6.07, 6.45) is 4.38. The molecule has 0 saturated heterocycles. The number of hydrogen-bond donors (Lipinski definition) is 3. The molecule has 11 nitrogen and oxygen atoms in total. The van der Waals surface area contributed by atoms with Crippen molar-refractivity contribution in [1.29, 1.82) is 0 Å². The number of benzene rings is 1. The second-order valence-corrected chi connectivity index (χ2v) is 11.3. The molecule has 0 spiro atoms. The number of nitrogens with one attached hydrogen (secondary N) is 3. The molecule has 45 heavy (non-hydrogen) atoms. The Morgan fingerprint density at radius 1 is 0.978 bits per heavy atom. The summed E-state index contributed by atoms with van der Waals surface area (Å²) in [5, 5.41) is 9.22. The molecule has 11 heteroatoms. The number of fused-ring (bicyclic) bond motifs is 3. The molecule has 1 aliphatic rings. The molecule has 0 aliphatic heterocycles. The van der Waals surface area contributed by atoms with Crippen LogP contribution in [0.3, 0.4) is 0 Å². The third kappa shape index (κ3) is 8.67. The molecule has 0 aromatic heterocycles. The molecule has 0 fully saturated rings. The largest absolute Gasteiger partial charge is 0.493 e. The maximum Gasteiger partial charge on any atom is 0.305 e. The van der Waals surface area contributed by atoms with Crippen LogP contribution in [-0.2, 0) is 25.5 Å². The fourth-order valence-electron chi connectivity index (χ4n) is 5.69. The maximum absolute atomic E-state index is 13.8. The van der Waals surface area contributed by atoms with Gasteiger partial charge in [-0.05, 0) is 66.5 Å². The molecule has 2 aromatic rings. The van der Waals surface area contributed by atoms with Gasteiger partial charge in [-0.15, -0.1) is 0 Å². The molecule has 0 bridgehead atoms. The van der Waals surface area contributed by atoms with E-state index >= 15 is 0 Å². The van der Waals surface area contributed by atoms with Crippen LogP contribution in [0.2, 0.25) is 0 Å². The summed E-state index contributed by atoms with van der Waals surface area (Å²) in [7, 11) is 6.02. The summed E-state index contributed by atoms with van der Waals surface area (Å²) in [6, 6.07) is 5.87. The predicted octanol–water partition coefficient (Wildman–Crippen LogP) is 4.54. The van der Waals surface area contributed by atoms with Crippen molar-refractivity contribution in [3.63, 3.8) is 0 Å². The van der Waals surface area contributed by atoms with Crippen molar-refractivity contribution in [2.24, 2.45) is 5.92 Å². The van der Waals surface area contributed by atoms with E-state index < -0.39 is 12.1 Å². The quantitative estimate of drug-likeness (QED) is 0.192. The Labute approximate surface area is 265 Å². The van der Waals surface area contributed by atoms with Crippen LogP contribution in [0.25, 0.3) is 11.1 Å². The number of methoxy groups -OCH3 is 4. The van der Waals surface area contributed by atoms with Crippen molar-refractivity contribution in [3.8, 4) is 28.4 Å². The van der Waals surface area contributed by atoms with Crippen molar-refractivity contribution in [2.75, 3.05) is 40.3 Å².